The lowest BCUT2D eigenvalue weighted by molar-refractivity contribution is 0.555. The molecule has 2 aliphatic heterocycles. The lowest BCUT2D eigenvalue weighted by Gasteiger charge is -2.34. The Kier molecular flexibility index (Phi) is 11.3. The van der Waals surface area contributed by atoms with Gasteiger partial charge in [0.05, 0.1) is 11.7 Å². The fraction of sp³-hybridized carbons (Fsp3) is 0.158. The van der Waals surface area contributed by atoms with Crippen LogP contribution in [-0.2, 0) is 5.41 Å². The fourth-order valence-electron chi connectivity index (χ4n) is 9.18. The van der Waals surface area contributed by atoms with E-state index in [1.807, 2.05) is 50.3 Å². The molecule has 0 bridgehead atoms. The zero-order valence-corrected chi connectivity index (χ0v) is 36.0. The SMILES string of the molecule is C=C/C=C\C=C1/CN(c2ccccc2)C2=C1C=CC1(C2)CN(c2ccc(C(C)=NC(=NC(C)c3ccccc3)c3ccccc3)cc2)c2c1ccc1c2oc2ccccc21.CC. The maximum atomic E-state index is 6.80. The average Bonchev–Trinajstić information content (AvgIpc) is 4.00. The Labute approximate surface area is 365 Å². The normalized spacial score (nSPS) is 18.5. The summed E-state index contributed by atoms with van der Waals surface area (Å²) in [5.74, 6) is 0.722. The second-order valence-corrected chi connectivity index (χ2v) is 15.9. The predicted octanol–water partition coefficient (Wildman–Crippen LogP) is 14.4. The van der Waals surface area contributed by atoms with Crippen LogP contribution in [0.2, 0.25) is 0 Å². The van der Waals surface area contributed by atoms with Crippen LogP contribution >= 0.6 is 0 Å². The molecule has 0 N–H and O–H groups in total. The standard InChI is InChI=1S/C55H46N4O.C2H6/c1-4-5-9-22-43-36-58(44-23-14-8-15-24-44)50-35-55(34-33-46(43)50)37-59(52-49(55)32-31-48-47-25-16-17-26-51(47)60-53(48)52)45-29-27-41(28-30-45)39(3)57-54(42-20-12-7-13-21-42)56-38(2)40-18-10-6-11-19-40;1-2/h4-34,38H,1,35-37H2,2-3H3;1-2H3/b9-5-,43-22+,56-54?,57-39?;. The first-order valence-electron chi connectivity index (χ1n) is 21.8. The van der Waals surface area contributed by atoms with Gasteiger partial charge in [0.2, 0.25) is 0 Å². The first kappa shape index (κ1) is 40.2. The number of benzene rings is 6. The molecule has 0 fully saturated rings. The van der Waals surface area contributed by atoms with E-state index in [-0.39, 0.29) is 11.5 Å². The number of allylic oxidation sites excluding steroid dienone is 6. The summed E-state index contributed by atoms with van der Waals surface area (Å²) < 4.78 is 6.80. The van der Waals surface area contributed by atoms with E-state index >= 15 is 0 Å². The fourth-order valence-corrected chi connectivity index (χ4v) is 9.18. The number of nitrogens with zero attached hydrogens (tertiary/aromatic N) is 4. The molecule has 6 aromatic carbocycles. The molecule has 3 heterocycles. The molecule has 10 rings (SSSR count). The van der Waals surface area contributed by atoms with Gasteiger partial charge in [-0.3, -0.25) is 4.99 Å². The smallest absolute Gasteiger partial charge is 0.159 e. The van der Waals surface area contributed by atoms with Crippen molar-refractivity contribution in [3.63, 3.8) is 0 Å². The monoisotopic (exact) mass is 808 g/mol. The van der Waals surface area contributed by atoms with Crippen LogP contribution in [0.25, 0.3) is 21.9 Å². The maximum Gasteiger partial charge on any atom is 0.159 e. The quantitative estimate of drug-likeness (QED) is 0.0872. The summed E-state index contributed by atoms with van der Waals surface area (Å²) in [7, 11) is 0. The molecule has 1 aromatic heterocycles. The molecule has 0 amide bonds. The molecule has 2 atom stereocenters. The van der Waals surface area contributed by atoms with E-state index < -0.39 is 0 Å². The number of furan rings is 1. The number of amidine groups is 1. The third-order valence-corrected chi connectivity index (χ3v) is 12.2. The average molecular weight is 809 g/mol. The van der Waals surface area contributed by atoms with Crippen LogP contribution in [0.5, 0.6) is 0 Å². The Bertz CT molecular complexity index is 2930. The number of aliphatic imine (C=N–C) groups is 2. The van der Waals surface area contributed by atoms with Gasteiger partial charge < -0.3 is 14.2 Å². The lowest BCUT2D eigenvalue weighted by atomic mass is 9.74. The first-order valence-corrected chi connectivity index (χ1v) is 21.8. The minimum atomic E-state index is -0.284. The molecule has 2 unspecified atom stereocenters. The van der Waals surface area contributed by atoms with Crippen molar-refractivity contribution in [2.24, 2.45) is 9.98 Å². The topological polar surface area (TPSA) is 44.3 Å². The van der Waals surface area contributed by atoms with Crippen LogP contribution in [0.1, 0.15) is 62.4 Å². The van der Waals surface area contributed by atoms with Gasteiger partial charge in [0.1, 0.15) is 5.58 Å². The van der Waals surface area contributed by atoms with E-state index in [1.54, 1.807) is 0 Å². The molecule has 0 saturated carbocycles. The zero-order chi connectivity index (χ0) is 42.6. The summed E-state index contributed by atoms with van der Waals surface area (Å²) in [6.45, 7) is 13.7. The molecule has 0 saturated heterocycles. The van der Waals surface area contributed by atoms with Crippen LogP contribution in [0.15, 0.2) is 226 Å². The van der Waals surface area contributed by atoms with Crippen LogP contribution in [0.4, 0.5) is 17.1 Å². The van der Waals surface area contributed by atoms with Crippen molar-refractivity contribution >= 4 is 50.5 Å². The zero-order valence-electron chi connectivity index (χ0n) is 36.0. The van der Waals surface area contributed by atoms with Crippen molar-refractivity contribution in [1.82, 2.24) is 0 Å². The van der Waals surface area contributed by atoms with Gasteiger partial charge in [-0.25, -0.2) is 4.99 Å². The highest BCUT2D eigenvalue weighted by atomic mass is 16.3. The van der Waals surface area contributed by atoms with Gasteiger partial charge in [-0.1, -0.05) is 178 Å². The summed E-state index contributed by atoms with van der Waals surface area (Å²) in [6.07, 6.45) is 13.9. The van der Waals surface area contributed by atoms with E-state index in [0.29, 0.717) is 0 Å². The summed E-state index contributed by atoms with van der Waals surface area (Å²) in [5, 5.41) is 2.27. The van der Waals surface area contributed by atoms with E-state index in [2.05, 4.69) is 182 Å². The van der Waals surface area contributed by atoms with Gasteiger partial charge in [0.25, 0.3) is 0 Å². The molecular formula is C57H52N4O. The summed E-state index contributed by atoms with van der Waals surface area (Å²) in [4.78, 5) is 15.3. The van der Waals surface area contributed by atoms with Crippen molar-refractivity contribution in [2.75, 3.05) is 22.9 Å². The summed E-state index contributed by atoms with van der Waals surface area (Å²) in [5.41, 5.74) is 14.4. The highest BCUT2D eigenvalue weighted by Gasteiger charge is 2.47. The number of hydrogen-bond donors (Lipinski definition) is 0. The van der Waals surface area contributed by atoms with E-state index in [4.69, 9.17) is 14.4 Å². The second-order valence-electron chi connectivity index (χ2n) is 15.9. The van der Waals surface area contributed by atoms with Crippen LogP contribution in [0, 0.1) is 0 Å². The Morgan fingerprint density at radius 3 is 2.15 bits per heavy atom. The molecule has 5 nitrogen and oxygen atoms in total. The molecule has 306 valence electrons. The van der Waals surface area contributed by atoms with Crippen molar-refractivity contribution in [3.8, 4) is 0 Å². The van der Waals surface area contributed by atoms with Crippen molar-refractivity contribution in [3.05, 3.63) is 234 Å². The third-order valence-electron chi connectivity index (χ3n) is 12.2. The summed E-state index contributed by atoms with van der Waals surface area (Å²) >= 11 is 0. The molecule has 1 aliphatic carbocycles. The molecular weight excluding hydrogens is 757 g/mol. The maximum absolute atomic E-state index is 6.80. The first-order chi connectivity index (χ1) is 30.5. The van der Waals surface area contributed by atoms with Gasteiger partial charge in [-0.15, -0.1) is 0 Å². The molecule has 0 radical (unpaired) electrons. The predicted molar refractivity (Wildman–Crippen MR) is 262 cm³/mol. The van der Waals surface area contributed by atoms with Gasteiger partial charge in [-0.2, -0.15) is 0 Å². The van der Waals surface area contributed by atoms with Crippen LogP contribution < -0.4 is 9.80 Å². The van der Waals surface area contributed by atoms with Gasteiger partial charge in [0.15, 0.2) is 11.4 Å². The number of rotatable bonds is 8. The minimum Gasteiger partial charge on any atom is -0.454 e. The molecule has 1 spiro atoms. The van der Waals surface area contributed by atoms with Gasteiger partial charge in [-0.05, 0) is 72.0 Å². The van der Waals surface area contributed by atoms with E-state index in [0.717, 1.165) is 81.1 Å². The number of anilines is 3. The van der Waals surface area contributed by atoms with E-state index in [1.165, 1.54) is 28.1 Å². The minimum absolute atomic E-state index is 0.0423. The third kappa shape index (κ3) is 7.45. The van der Waals surface area contributed by atoms with Gasteiger partial charge >= 0.3 is 0 Å². The van der Waals surface area contributed by atoms with Crippen LogP contribution in [-0.4, -0.2) is 24.6 Å². The number of hydrogen-bond acceptors (Lipinski definition) is 4. The Hall–Kier alpha value is -7.24. The molecule has 62 heavy (non-hydrogen) atoms. The lowest BCUT2D eigenvalue weighted by Crippen LogP contribution is -2.34. The van der Waals surface area contributed by atoms with Gasteiger partial charge in [0, 0.05) is 64.0 Å². The Balaban J connectivity index is 0.00000242. The number of para-hydroxylation sites is 2. The van der Waals surface area contributed by atoms with Crippen molar-refractivity contribution in [1.29, 1.82) is 0 Å². The van der Waals surface area contributed by atoms with E-state index in [9.17, 15) is 0 Å². The summed E-state index contributed by atoms with van der Waals surface area (Å²) in [6, 6.07) is 53.3. The largest absolute Gasteiger partial charge is 0.454 e. The Morgan fingerprint density at radius 1 is 0.726 bits per heavy atom. The molecule has 7 aromatic rings. The second kappa shape index (κ2) is 17.4. The highest BCUT2D eigenvalue weighted by molar-refractivity contribution is 6.12. The van der Waals surface area contributed by atoms with Crippen LogP contribution in [0.3, 0.4) is 0 Å². The van der Waals surface area contributed by atoms with Crippen molar-refractivity contribution < 1.29 is 4.42 Å². The molecule has 3 aliphatic rings. The number of fused-ring (bicyclic) bond motifs is 6. The Morgan fingerprint density at radius 2 is 1.40 bits per heavy atom. The van der Waals surface area contributed by atoms with Crippen molar-refractivity contribution in [2.45, 2.75) is 45.6 Å². The highest BCUT2D eigenvalue weighted by Crippen LogP contribution is 2.55. The molecule has 5 heteroatoms.